The van der Waals surface area contributed by atoms with Gasteiger partial charge in [0.1, 0.15) is 5.75 Å². The molecule has 0 heterocycles. The van der Waals surface area contributed by atoms with Crippen LogP contribution in [0.4, 0.5) is 0 Å². The number of benzene rings is 1. The summed E-state index contributed by atoms with van der Waals surface area (Å²) >= 11 is 0. The molecule has 0 aliphatic carbocycles. The quantitative estimate of drug-likeness (QED) is 0.841. The molecule has 19 heavy (non-hydrogen) atoms. The third kappa shape index (κ3) is 4.62. The van der Waals surface area contributed by atoms with Crippen molar-refractivity contribution in [2.24, 2.45) is 0 Å². The number of carbonyl (C=O) groups is 2. The standard InChI is InChI=1S/C14H20N2O3/c1-9(2)16-13(17)8-15-14(18)11-7-10(3)5-6-12(11)19-4/h5-7,9H,8H2,1-4H3,(H,15,18)(H,16,17). The zero-order valence-electron chi connectivity index (χ0n) is 11.7. The topological polar surface area (TPSA) is 67.4 Å². The van der Waals surface area contributed by atoms with Gasteiger partial charge in [-0.25, -0.2) is 0 Å². The molecule has 5 heteroatoms. The van der Waals surface area contributed by atoms with Crippen molar-refractivity contribution in [3.8, 4) is 5.75 Å². The molecule has 1 rings (SSSR count). The Kier molecular flexibility index (Phi) is 5.36. The fraction of sp³-hybridized carbons (Fsp3) is 0.429. The number of nitrogens with one attached hydrogen (secondary N) is 2. The molecule has 0 bridgehead atoms. The van der Waals surface area contributed by atoms with Gasteiger partial charge in [-0.1, -0.05) is 11.6 Å². The molecule has 2 N–H and O–H groups in total. The van der Waals surface area contributed by atoms with Gasteiger partial charge in [-0.05, 0) is 32.9 Å². The van der Waals surface area contributed by atoms with Crippen LogP contribution in [-0.4, -0.2) is 31.5 Å². The predicted molar refractivity (Wildman–Crippen MR) is 73.3 cm³/mol. The van der Waals surface area contributed by atoms with Crippen LogP contribution in [0.5, 0.6) is 5.75 Å². The Bertz CT molecular complexity index is 470. The van der Waals surface area contributed by atoms with E-state index < -0.39 is 0 Å². The number of hydrogen-bond donors (Lipinski definition) is 2. The maximum atomic E-state index is 12.0. The maximum Gasteiger partial charge on any atom is 0.255 e. The summed E-state index contributed by atoms with van der Waals surface area (Å²) in [4.78, 5) is 23.4. The predicted octanol–water partition coefficient (Wildman–Crippen LogP) is 1.26. The second-order valence-corrected chi connectivity index (χ2v) is 4.61. The zero-order valence-corrected chi connectivity index (χ0v) is 11.7. The highest BCUT2D eigenvalue weighted by Gasteiger charge is 2.13. The molecule has 0 fully saturated rings. The Morgan fingerprint density at radius 3 is 2.58 bits per heavy atom. The van der Waals surface area contributed by atoms with Gasteiger partial charge in [0.05, 0.1) is 19.2 Å². The first kappa shape index (κ1) is 15.0. The van der Waals surface area contributed by atoms with Gasteiger partial charge in [-0.3, -0.25) is 9.59 Å². The van der Waals surface area contributed by atoms with E-state index in [-0.39, 0.29) is 24.4 Å². The van der Waals surface area contributed by atoms with E-state index in [1.165, 1.54) is 7.11 Å². The number of amides is 2. The number of hydrogen-bond acceptors (Lipinski definition) is 3. The third-order valence-corrected chi connectivity index (χ3v) is 2.46. The van der Waals surface area contributed by atoms with Crippen molar-refractivity contribution in [2.45, 2.75) is 26.8 Å². The molecule has 104 valence electrons. The second-order valence-electron chi connectivity index (χ2n) is 4.61. The van der Waals surface area contributed by atoms with E-state index in [0.29, 0.717) is 11.3 Å². The van der Waals surface area contributed by atoms with Crippen LogP contribution < -0.4 is 15.4 Å². The lowest BCUT2D eigenvalue weighted by atomic mass is 10.1. The van der Waals surface area contributed by atoms with Crippen LogP contribution in [-0.2, 0) is 4.79 Å². The number of carbonyl (C=O) groups excluding carboxylic acids is 2. The Morgan fingerprint density at radius 2 is 2.00 bits per heavy atom. The molecular formula is C14H20N2O3. The van der Waals surface area contributed by atoms with Gasteiger partial charge in [0, 0.05) is 6.04 Å². The molecule has 0 saturated heterocycles. The normalized spacial score (nSPS) is 10.2. The Hall–Kier alpha value is -2.04. The number of methoxy groups -OCH3 is 1. The monoisotopic (exact) mass is 264 g/mol. The molecule has 0 atom stereocenters. The van der Waals surface area contributed by atoms with Crippen LogP contribution in [0.3, 0.4) is 0 Å². The van der Waals surface area contributed by atoms with E-state index in [0.717, 1.165) is 5.56 Å². The van der Waals surface area contributed by atoms with Crippen molar-refractivity contribution in [1.82, 2.24) is 10.6 Å². The third-order valence-electron chi connectivity index (χ3n) is 2.46. The van der Waals surface area contributed by atoms with Crippen LogP contribution in [0.1, 0.15) is 29.8 Å². The number of aryl methyl sites for hydroxylation is 1. The summed E-state index contributed by atoms with van der Waals surface area (Å²) in [5.41, 5.74) is 1.39. The molecule has 1 aromatic rings. The summed E-state index contributed by atoms with van der Waals surface area (Å²) in [5, 5.41) is 5.28. The molecule has 0 saturated carbocycles. The minimum Gasteiger partial charge on any atom is -0.496 e. The maximum absolute atomic E-state index is 12.0. The van der Waals surface area contributed by atoms with Crippen LogP contribution in [0.2, 0.25) is 0 Å². The fourth-order valence-corrected chi connectivity index (χ4v) is 1.63. The second kappa shape index (κ2) is 6.78. The average molecular weight is 264 g/mol. The van der Waals surface area contributed by atoms with Crippen LogP contribution in [0, 0.1) is 6.92 Å². The van der Waals surface area contributed by atoms with Crippen LogP contribution in [0.25, 0.3) is 0 Å². The lowest BCUT2D eigenvalue weighted by molar-refractivity contribution is -0.120. The lowest BCUT2D eigenvalue weighted by Crippen LogP contribution is -2.39. The average Bonchev–Trinajstić information content (AvgIpc) is 2.35. The van der Waals surface area contributed by atoms with Gasteiger partial charge in [-0.15, -0.1) is 0 Å². The summed E-state index contributed by atoms with van der Waals surface area (Å²) in [7, 11) is 1.51. The van der Waals surface area contributed by atoms with Crippen molar-refractivity contribution in [3.63, 3.8) is 0 Å². The Morgan fingerprint density at radius 1 is 1.32 bits per heavy atom. The molecule has 0 spiro atoms. The first-order valence-corrected chi connectivity index (χ1v) is 6.16. The van der Waals surface area contributed by atoms with E-state index in [2.05, 4.69) is 10.6 Å². The zero-order chi connectivity index (χ0) is 14.4. The highest BCUT2D eigenvalue weighted by Crippen LogP contribution is 2.19. The molecule has 0 radical (unpaired) electrons. The highest BCUT2D eigenvalue weighted by molar-refractivity contribution is 5.98. The molecular weight excluding hydrogens is 244 g/mol. The van der Waals surface area contributed by atoms with E-state index in [9.17, 15) is 9.59 Å². The summed E-state index contributed by atoms with van der Waals surface area (Å²) < 4.78 is 5.13. The van der Waals surface area contributed by atoms with Gasteiger partial charge in [0.25, 0.3) is 5.91 Å². The Balaban J connectivity index is 2.68. The van der Waals surface area contributed by atoms with E-state index >= 15 is 0 Å². The molecule has 5 nitrogen and oxygen atoms in total. The molecule has 0 aliphatic heterocycles. The van der Waals surface area contributed by atoms with E-state index in [4.69, 9.17) is 4.74 Å². The minimum atomic E-state index is -0.320. The van der Waals surface area contributed by atoms with Crippen LogP contribution >= 0.6 is 0 Å². The van der Waals surface area contributed by atoms with E-state index in [1.807, 2.05) is 26.8 Å². The van der Waals surface area contributed by atoms with Crippen molar-refractivity contribution in [1.29, 1.82) is 0 Å². The van der Waals surface area contributed by atoms with Crippen molar-refractivity contribution < 1.29 is 14.3 Å². The molecule has 0 unspecified atom stereocenters. The SMILES string of the molecule is COc1ccc(C)cc1C(=O)NCC(=O)NC(C)C. The molecule has 0 aliphatic rings. The fourth-order valence-electron chi connectivity index (χ4n) is 1.63. The number of ether oxygens (including phenoxy) is 1. The summed E-state index contributed by atoms with van der Waals surface area (Å²) in [5.74, 6) is -0.0400. The van der Waals surface area contributed by atoms with Gasteiger partial charge in [-0.2, -0.15) is 0 Å². The first-order valence-electron chi connectivity index (χ1n) is 6.16. The molecule has 2 amide bonds. The smallest absolute Gasteiger partial charge is 0.255 e. The summed E-state index contributed by atoms with van der Waals surface area (Å²) in [6.45, 7) is 5.57. The van der Waals surface area contributed by atoms with Crippen LogP contribution in [0.15, 0.2) is 18.2 Å². The molecule has 0 aromatic heterocycles. The summed E-state index contributed by atoms with van der Waals surface area (Å²) in [6.07, 6.45) is 0. The minimum absolute atomic E-state index is 0.0475. The summed E-state index contributed by atoms with van der Waals surface area (Å²) in [6, 6.07) is 5.38. The first-order chi connectivity index (χ1) is 8.93. The van der Waals surface area contributed by atoms with Crippen molar-refractivity contribution in [3.05, 3.63) is 29.3 Å². The lowest BCUT2D eigenvalue weighted by Gasteiger charge is -2.11. The largest absolute Gasteiger partial charge is 0.496 e. The van der Waals surface area contributed by atoms with Crippen molar-refractivity contribution in [2.75, 3.05) is 13.7 Å². The molecule has 1 aromatic carbocycles. The van der Waals surface area contributed by atoms with Crippen molar-refractivity contribution >= 4 is 11.8 Å². The van der Waals surface area contributed by atoms with Gasteiger partial charge >= 0.3 is 0 Å². The van der Waals surface area contributed by atoms with E-state index in [1.54, 1.807) is 12.1 Å². The highest BCUT2D eigenvalue weighted by atomic mass is 16.5. The Labute approximate surface area is 113 Å². The number of rotatable bonds is 5. The van der Waals surface area contributed by atoms with Gasteiger partial charge < -0.3 is 15.4 Å². The van der Waals surface area contributed by atoms with Gasteiger partial charge in [0.2, 0.25) is 5.91 Å². The van der Waals surface area contributed by atoms with Gasteiger partial charge in [0.15, 0.2) is 0 Å².